The number of rotatable bonds is 3. The molecular weight excluding hydrogens is 404 g/mol. The minimum absolute atomic E-state index is 0.105. The van der Waals surface area contributed by atoms with E-state index in [1.54, 1.807) is 6.07 Å². The Balaban J connectivity index is 1.51. The maximum atomic E-state index is 11.2. The van der Waals surface area contributed by atoms with Crippen LogP contribution in [0.5, 0.6) is 0 Å². The predicted molar refractivity (Wildman–Crippen MR) is 112 cm³/mol. The number of anilines is 3. The normalized spacial score (nSPS) is 17.4. The Bertz CT molecular complexity index is 1110. The number of hydrogen-bond acceptors (Lipinski definition) is 10. The standard InChI is InChI=1S/C19H22N8O4/c20-16-21-13-11-12(1-2-14(13)31-16)15-22-17(25-3-5-27(6-4-25)19(28)29)24-18(23-15)26-7-9-30-10-8-26/h1-2,11H,3-10H2,(H2,20,21)(H,28,29). The topological polar surface area (TPSA) is 147 Å². The number of aromatic nitrogens is 4. The van der Waals surface area contributed by atoms with Crippen molar-refractivity contribution < 1.29 is 19.1 Å². The van der Waals surface area contributed by atoms with Gasteiger partial charge in [-0.25, -0.2) is 4.79 Å². The third kappa shape index (κ3) is 3.89. The molecule has 12 heteroatoms. The molecule has 0 bridgehead atoms. The molecule has 0 radical (unpaired) electrons. The molecule has 2 fully saturated rings. The number of carbonyl (C=O) groups is 1. The molecule has 2 aliphatic heterocycles. The molecule has 2 aromatic heterocycles. The highest BCUT2D eigenvalue weighted by Crippen LogP contribution is 2.26. The number of ether oxygens (including phenoxy) is 1. The van der Waals surface area contributed by atoms with Crippen molar-refractivity contribution in [2.75, 3.05) is 68.0 Å². The summed E-state index contributed by atoms with van der Waals surface area (Å²) < 4.78 is 10.8. The highest BCUT2D eigenvalue weighted by molar-refractivity contribution is 5.80. The number of piperazine rings is 1. The smallest absolute Gasteiger partial charge is 0.407 e. The fourth-order valence-corrected chi connectivity index (χ4v) is 3.71. The van der Waals surface area contributed by atoms with E-state index in [2.05, 4.69) is 9.88 Å². The number of benzene rings is 1. The van der Waals surface area contributed by atoms with Crippen LogP contribution >= 0.6 is 0 Å². The van der Waals surface area contributed by atoms with Crippen LogP contribution < -0.4 is 15.5 Å². The molecule has 4 heterocycles. The molecule has 0 atom stereocenters. The van der Waals surface area contributed by atoms with E-state index in [4.69, 9.17) is 29.8 Å². The maximum absolute atomic E-state index is 11.2. The van der Waals surface area contributed by atoms with Gasteiger partial charge in [-0.1, -0.05) is 0 Å². The highest BCUT2D eigenvalue weighted by atomic mass is 16.5. The van der Waals surface area contributed by atoms with Crippen molar-refractivity contribution in [3.8, 4) is 11.4 Å². The van der Waals surface area contributed by atoms with Gasteiger partial charge < -0.3 is 34.7 Å². The number of hydrogen-bond donors (Lipinski definition) is 2. The second kappa shape index (κ2) is 7.87. The number of morpholine rings is 1. The van der Waals surface area contributed by atoms with Crippen LogP contribution in [-0.2, 0) is 4.74 Å². The fraction of sp³-hybridized carbons (Fsp3) is 0.421. The van der Waals surface area contributed by atoms with E-state index in [0.717, 1.165) is 5.56 Å². The van der Waals surface area contributed by atoms with E-state index >= 15 is 0 Å². The lowest BCUT2D eigenvalue weighted by Crippen LogP contribution is -2.49. The zero-order valence-corrected chi connectivity index (χ0v) is 16.8. The second-order valence-corrected chi connectivity index (χ2v) is 7.35. The molecule has 0 saturated carbocycles. The number of nitrogens with two attached hydrogens (primary N) is 1. The quantitative estimate of drug-likeness (QED) is 0.615. The first-order valence-electron chi connectivity index (χ1n) is 10.0. The summed E-state index contributed by atoms with van der Waals surface area (Å²) in [6.45, 7) is 4.41. The van der Waals surface area contributed by atoms with Crippen molar-refractivity contribution in [3.05, 3.63) is 18.2 Å². The van der Waals surface area contributed by atoms with Gasteiger partial charge in [-0.2, -0.15) is 19.9 Å². The molecule has 2 aliphatic rings. The Hall–Kier alpha value is -3.67. The van der Waals surface area contributed by atoms with Crippen LogP contribution in [0.2, 0.25) is 0 Å². The number of oxazole rings is 1. The van der Waals surface area contributed by atoms with Gasteiger partial charge in [0.2, 0.25) is 11.9 Å². The summed E-state index contributed by atoms with van der Waals surface area (Å²) in [5.74, 6) is 1.61. The van der Waals surface area contributed by atoms with Crippen molar-refractivity contribution in [2.24, 2.45) is 0 Å². The molecule has 5 rings (SSSR count). The first-order valence-corrected chi connectivity index (χ1v) is 10.0. The third-order valence-corrected chi connectivity index (χ3v) is 5.40. The molecule has 12 nitrogen and oxygen atoms in total. The summed E-state index contributed by atoms with van der Waals surface area (Å²) in [5.41, 5.74) is 7.65. The summed E-state index contributed by atoms with van der Waals surface area (Å²) in [6, 6.07) is 5.59. The molecule has 2 saturated heterocycles. The third-order valence-electron chi connectivity index (χ3n) is 5.40. The molecule has 1 aromatic carbocycles. The van der Waals surface area contributed by atoms with E-state index in [1.165, 1.54) is 4.90 Å². The SMILES string of the molecule is Nc1nc2cc(-c3nc(N4CCOCC4)nc(N4CCN(C(=O)O)CC4)n3)ccc2o1. The first-order chi connectivity index (χ1) is 15.1. The van der Waals surface area contributed by atoms with Crippen LogP contribution in [0.1, 0.15) is 0 Å². The zero-order valence-electron chi connectivity index (χ0n) is 16.8. The number of nitrogens with zero attached hydrogens (tertiary/aromatic N) is 7. The number of carboxylic acid groups (broad SMARTS) is 1. The molecule has 0 aliphatic carbocycles. The van der Waals surface area contributed by atoms with Gasteiger partial charge in [0.1, 0.15) is 5.52 Å². The van der Waals surface area contributed by atoms with Crippen LogP contribution in [-0.4, -0.2) is 88.5 Å². The molecule has 0 unspecified atom stereocenters. The Morgan fingerprint density at radius 3 is 2.29 bits per heavy atom. The van der Waals surface area contributed by atoms with Crippen molar-refractivity contribution in [1.82, 2.24) is 24.8 Å². The predicted octanol–water partition coefficient (Wildman–Crippen LogP) is 0.899. The maximum Gasteiger partial charge on any atom is 0.407 e. The van der Waals surface area contributed by atoms with E-state index in [1.807, 2.05) is 17.0 Å². The lowest BCUT2D eigenvalue weighted by molar-refractivity contribution is 0.122. The van der Waals surface area contributed by atoms with E-state index in [-0.39, 0.29) is 6.01 Å². The minimum Gasteiger partial charge on any atom is -0.465 e. The fourth-order valence-electron chi connectivity index (χ4n) is 3.71. The van der Waals surface area contributed by atoms with Crippen molar-refractivity contribution in [1.29, 1.82) is 0 Å². The number of nitrogen functional groups attached to an aromatic ring is 1. The Labute approximate surface area is 177 Å². The summed E-state index contributed by atoms with van der Waals surface area (Å²) in [4.78, 5) is 35.0. The van der Waals surface area contributed by atoms with E-state index < -0.39 is 6.09 Å². The van der Waals surface area contributed by atoms with Gasteiger partial charge in [-0.05, 0) is 18.2 Å². The molecule has 0 spiro atoms. The largest absolute Gasteiger partial charge is 0.465 e. The van der Waals surface area contributed by atoms with E-state index in [0.29, 0.717) is 81.3 Å². The molecule has 3 N–H and O–H groups in total. The van der Waals surface area contributed by atoms with Gasteiger partial charge in [0.25, 0.3) is 6.01 Å². The molecule has 162 valence electrons. The van der Waals surface area contributed by atoms with Crippen LogP contribution in [0.15, 0.2) is 22.6 Å². The van der Waals surface area contributed by atoms with Crippen LogP contribution in [0.25, 0.3) is 22.5 Å². The summed E-state index contributed by atoms with van der Waals surface area (Å²) in [5, 5.41) is 9.22. The monoisotopic (exact) mass is 426 g/mol. The van der Waals surface area contributed by atoms with Gasteiger partial charge >= 0.3 is 6.09 Å². The van der Waals surface area contributed by atoms with Gasteiger partial charge in [-0.15, -0.1) is 0 Å². The van der Waals surface area contributed by atoms with Crippen molar-refractivity contribution in [2.45, 2.75) is 0 Å². The molecular formula is C19H22N8O4. The van der Waals surface area contributed by atoms with E-state index in [9.17, 15) is 9.90 Å². The Kier molecular flexibility index (Phi) is 4.90. The van der Waals surface area contributed by atoms with Crippen LogP contribution in [0.3, 0.4) is 0 Å². The average Bonchev–Trinajstić information content (AvgIpc) is 3.18. The second-order valence-electron chi connectivity index (χ2n) is 7.35. The first kappa shape index (κ1) is 19.3. The summed E-state index contributed by atoms with van der Waals surface area (Å²) >= 11 is 0. The summed E-state index contributed by atoms with van der Waals surface area (Å²) in [7, 11) is 0. The Morgan fingerprint density at radius 2 is 1.61 bits per heavy atom. The highest BCUT2D eigenvalue weighted by Gasteiger charge is 2.25. The molecule has 3 aromatic rings. The Morgan fingerprint density at radius 1 is 0.935 bits per heavy atom. The van der Waals surface area contributed by atoms with Crippen molar-refractivity contribution >= 4 is 35.1 Å². The molecule has 31 heavy (non-hydrogen) atoms. The van der Waals surface area contributed by atoms with Gasteiger partial charge in [0.05, 0.1) is 13.2 Å². The van der Waals surface area contributed by atoms with Crippen LogP contribution in [0, 0.1) is 0 Å². The van der Waals surface area contributed by atoms with Gasteiger partial charge in [0.15, 0.2) is 11.4 Å². The lowest BCUT2D eigenvalue weighted by Gasteiger charge is -2.34. The lowest BCUT2D eigenvalue weighted by atomic mass is 10.2. The van der Waals surface area contributed by atoms with Crippen molar-refractivity contribution in [3.63, 3.8) is 0 Å². The van der Waals surface area contributed by atoms with Gasteiger partial charge in [0, 0.05) is 44.8 Å². The molecule has 1 amide bonds. The average molecular weight is 426 g/mol. The number of amides is 1. The van der Waals surface area contributed by atoms with Crippen LogP contribution in [0.4, 0.5) is 22.7 Å². The summed E-state index contributed by atoms with van der Waals surface area (Å²) in [6.07, 6.45) is -0.912. The minimum atomic E-state index is -0.912. The zero-order chi connectivity index (χ0) is 21.4. The van der Waals surface area contributed by atoms with Gasteiger partial charge in [-0.3, -0.25) is 0 Å². The number of fused-ring (bicyclic) bond motifs is 1.